The number of benzene rings is 1. The van der Waals surface area contributed by atoms with Crippen molar-refractivity contribution in [3.8, 4) is 5.75 Å². The van der Waals surface area contributed by atoms with E-state index in [1.54, 1.807) is 16.7 Å². The largest absolute Gasteiger partial charge is 0.490 e. The van der Waals surface area contributed by atoms with E-state index in [-0.39, 0.29) is 5.56 Å². The first-order valence-corrected chi connectivity index (χ1v) is 8.34. The third-order valence-electron chi connectivity index (χ3n) is 4.51. The van der Waals surface area contributed by atoms with Crippen molar-refractivity contribution in [2.24, 2.45) is 5.73 Å². The fourth-order valence-corrected chi connectivity index (χ4v) is 3.19. The summed E-state index contributed by atoms with van der Waals surface area (Å²) in [6.07, 6.45) is 1.75. The number of anilines is 1. The van der Waals surface area contributed by atoms with Gasteiger partial charge in [-0.3, -0.25) is 9.20 Å². The Morgan fingerprint density at radius 2 is 2.16 bits per heavy atom. The Kier molecular flexibility index (Phi) is 3.89. The van der Waals surface area contributed by atoms with Crippen LogP contribution in [0.25, 0.3) is 5.65 Å². The number of hydrogen-bond donors (Lipinski definition) is 1. The van der Waals surface area contributed by atoms with Crippen molar-refractivity contribution >= 4 is 11.3 Å². The summed E-state index contributed by atoms with van der Waals surface area (Å²) >= 11 is 0. The zero-order valence-corrected chi connectivity index (χ0v) is 14.1. The number of aryl methyl sites for hydroxylation is 1. The van der Waals surface area contributed by atoms with Crippen molar-refractivity contribution in [3.05, 3.63) is 69.8 Å². The first-order chi connectivity index (χ1) is 12.2. The Bertz CT molecular complexity index is 996. The van der Waals surface area contributed by atoms with Crippen LogP contribution in [0.3, 0.4) is 0 Å². The smallest absolute Gasteiger partial charge is 0.258 e. The minimum atomic E-state index is -0.0621. The summed E-state index contributed by atoms with van der Waals surface area (Å²) in [7, 11) is 0. The van der Waals surface area contributed by atoms with E-state index >= 15 is 0 Å². The van der Waals surface area contributed by atoms with Crippen LogP contribution in [0, 0.1) is 6.92 Å². The van der Waals surface area contributed by atoms with Crippen molar-refractivity contribution in [1.82, 2.24) is 9.38 Å². The number of rotatable bonds is 3. The Morgan fingerprint density at radius 1 is 1.28 bits per heavy atom. The molecule has 25 heavy (non-hydrogen) atoms. The zero-order chi connectivity index (χ0) is 17.4. The van der Waals surface area contributed by atoms with Crippen molar-refractivity contribution in [1.29, 1.82) is 0 Å². The van der Waals surface area contributed by atoms with Crippen LogP contribution >= 0.6 is 0 Å². The molecule has 6 nitrogen and oxygen atoms in total. The van der Waals surface area contributed by atoms with E-state index in [1.165, 1.54) is 0 Å². The van der Waals surface area contributed by atoms with E-state index in [2.05, 4.69) is 4.90 Å². The van der Waals surface area contributed by atoms with Crippen LogP contribution in [0.4, 0.5) is 5.69 Å². The highest BCUT2D eigenvalue weighted by Crippen LogP contribution is 2.33. The van der Waals surface area contributed by atoms with E-state index in [0.29, 0.717) is 25.3 Å². The highest BCUT2D eigenvalue weighted by atomic mass is 16.5. The Hall–Kier alpha value is -2.86. The molecule has 0 saturated carbocycles. The molecule has 0 fully saturated rings. The van der Waals surface area contributed by atoms with E-state index < -0.39 is 0 Å². The second-order valence-electron chi connectivity index (χ2n) is 6.25. The Labute approximate surface area is 145 Å². The second-order valence-corrected chi connectivity index (χ2v) is 6.25. The van der Waals surface area contributed by atoms with Gasteiger partial charge in [0.05, 0.1) is 24.5 Å². The molecule has 128 valence electrons. The van der Waals surface area contributed by atoms with E-state index in [0.717, 1.165) is 34.8 Å². The third-order valence-corrected chi connectivity index (χ3v) is 4.51. The summed E-state index contributed by atoms with van der Waals surface area (Å²) in [6.45, 7) is 4.36. The van der Waals surface area contributed by atoms with Crippen LogP contribution in [0.15, 0.2) is 47.4 Å². The highest BCUT2D eigenvalue weighted by molar-refractivity contribution is 5.61. The normalized spacial score (nSPS) is 13.6. The lowest BCUT2D eigenvalue weighted by Gasteiger charge is -2.31. The summed E-state index contributed by atoms with van der Waals surface area (Å²) in [5.41, 5.74) is 10.2. The predicted octanol–water partition coefficient (Wildman–Crippen LogP) is 1.86. The number of ether oxygens (including phenoxy) is 1. The highest BCUT2D eigenvalue weighted by Gasteiger charge is 2.19. The molecule has 3 heterocycles. The molecule has 3 aromatic rings. The molecular formula is C19H20N4O2. The van der Waals surface area contributed by atoms with Gasteiger partial charge in [0.15, 0.2) is 0 Å². The van der Waals surface area contributed by atoms with E-state index in [1.807, 2.05) is 37.3 Å². The Balaban J connectivity index is 1.73. The van der Waals surface area contributed by atoms with Gasteiger partial charge in [0, 0.05) is 18.8 Å². The molecule has 1 aromatic carbocycles. The monoisotopic (exact) mass is 336 g/mol. The maximum Gasteiger partial charge on any atom is 0.258 e. The van der Waals surface area contributed by atoms with Gasteiger partial charge < -0.3 is 15.4 Å². The lowest BCUT2D eigenvalue weighted by molar-refractivity contribution is 0.306. The summed E-state index contributed by atoms with van der Waals surface area (Å²) in [5, 5.41) is 0. The van der Waals surface area contributed by atoms with Gasteiger partial charge >= 0.3 is 0 Å². The molecule has 4 rings (SSSR count). The van der Waals surface area contributed by atoms with Gasteiger partial charge in [0.25, 0.3) is 5.56 Å². The third kappa shape index (κ3) is 2.85. The minimum Gasteiger partial charge on any atom is -0.490 e. The quantitative estimate of drug-likeness (QED) is 0.790. The summed E-state index contributed by atoms with van der Waals surface area (Å²) < 4.78 is 7.32. The van der Waals surface area contributed by atoms with Gasteiger partial charge in [-0.25, -0.2) is 4.98 Å². The van der Waals surface area contributed by atoms with Crippen molar-refractivity contribution in [2.75, 3.05) is 18.1 Å². The minimum absolute atomic E-state index is 0.0621. The molecule has 0 unspecified atom stereocenters. The van der Waals surface area contributed by atoms with Crippen LogP contribution in [-0.4, -0.2) is 22.5 Å². The molecule has 0 bridgehead atoms. The van der Waals surface area contributed by atoms with Crippen LogP contribution in [-0.2, 0) is 13.1 Å². The first-order valence-electron chi connectivity index (χ1n) is 8.34. The average molecular weight is 336 g/mol. The van der Waals surface area contributed by atoms with Crippen LogP contribution in [0.2, 0.25) is 0 Å². The fourth-order valence-electron chi connectivity index (χ4n) is 3.19. The van der Waals surface area contributed by atoms with Gasteiger partial charge in [0.2, 0.25) is 0 Å². The number of pyridine rings is 1. The maximum absolute atomic E-state index is 12.4. The van der Waals surface area contributed by atoms with Crippen molar-refractivity contribution < 1.29 is 4.74 Å². The molecule has 1 aliphatic heterocycles. The standard InChI is InChI=1S/C19H20N4O2/c1-13-3-2-6-23-18(24)10-15(21-19(13)23)12-22-7-8-25-17-5-4-14(11-20)9-16(17)22/h2-6,9-10H,7-8,11-12,20H2,1H3. The molecule has 0 radical (unpaired) electrons. The second kappa shape index (κ2) is 6.22. The van der Waals surface area contributed by atoms with Crippen molar-refractivity contribution in [3.63, 3.8) is 0 Å². The molecule has 0 atom stereocenters. The van der Waals surface area contributed by atoms with Gasteiger partial charge in [0.1, 0.15) is 18.0 Å². The predicted molar refractivity (Wildman–Crippen MR) is 97.1 cm³/mol. The number of aromatic nitrogens is 2. The number of fused-ring (bicyclic) bond motifs is 2. The molecule has 0 saturated heterocycles. The summed E-state index contributed by atoms with van der Waals surface area (Å²) in [4.78, 5) is 19.3. The number of nitrogens with zero attached hydrogens (tertiary/aromatic N) is 3. The van der Waals surface area contributed by atoms with Gasteiger partial charge in [-0.15, -0.1) is 0 Å². The molecule has 0 spiro atoms. The van der Waals surface area contributed by atoms with Crippen LogP contribution in [0.5, 0.6) is 5.75 Å². The lowest BCUT2D eigenvalue weighted by atomic mass is 10.1. The van der Waals surface area contributed by atoms with Gasteiger partial charge in [-0.05, 0) is 36.2 Å². The molecule has 2 N–H and O–H groups in total. The van der Waals surface area contributed by atoms with Crippen LogP contribution < -0.4 is 20.9 Å². The Morgan fingerprint density at radius 3 is 3.00 bits per heavy atom. The van der Waals surface area contributed by atoms with Gasteiger partial charge in [-0.2, -0.15) is 0 Å². The summed E-state index contributed by atoms with van der Waals surface area (Å²) in [5.74, 6) is 0.845. The molecule has 1 aliphatic rings. The maximum atomic E-state index is 12.4. The first kappa shape index (κ1) is 15.7. The van der Waals surface area contributed by atoms with Gasteiger partial charge in [-0.1, -0.05) is 12.1 Å². The molecule has 0 aliphatic carbocycles. The van der Waals surface area contributed by atoms with Crippen LogP contribution in [0.1, 0.15) is 16.8 Å². The molecule has 0 amide bonds. The fraction of sp³-hybridized carbons (Fsp3) is 0.263. The van der Waals surface area contributed by atoms with E-state index in [9.17, 15) is 4.79 Å². The molecular weight excluding hydrogens is 316 g/mol. The van der Waals surface area contributed by atoms with Crippen molar-refractivity contribution in [2.45, 2.75) is 20.0 Å². The molecule has 6 heteroatoms. The lowest BCUT2D eigenvalue weighted by Crippen LogP contribution is -2.33. The number of nitrogens with two attached hydrogens (primary N) is 1. The molecule has 2 aromatic heterocycles. The SMILES string of the molecule is Cc1cccn2c(=O)cc(CN3CCOc4ccc(CN)cc43)nc12. The summed E-state index contributed by atoms with van der Waals surface area (Å²) in [6, 6.07) is 11.4. The average Bonchev–Trinajstić information content (AvgIpc) is 2.63. The topological polar surface area (TPSA) is 72.9 Å². The number of hydrogen-bond acceptors (Lipinski definition) is 5. The van der Waals surface area contributed by atoms with E-state index in [4.69, 9.17) is 15.5 Å². The zero-order valence-electron chi connectivity index (χ0n) is 14.1.